The molecule has 1 fully saturated rings. The average Bonchev–Trinajstić information content (AvgIpc) is 2.39. The average molecular weight is 331 g/mol. The standard InChI is InChI=1S/C11H13F3N2O2S.ClH/c12-11(13,14)9-3-1-2-4-10(9)19(17,18)16-7-5-15-6-8-16;/h1-4,15H,5-8H2;1H. The lowest BCUT2D eigenvalue weighted by atomic mass is 10.2. The molecule has 0 bridgehead atoms. The molecule has 1 aromatic carbocycles. The molecule has 0 radical (unpaired) electrons. The van der Waals surface area contributed by atoms with Crippen molar-refractivity contribution in [3.8, 4) is 0 Å². The number of alkyl halides is 3. The Kier molecular flexibility index (Phi) is 5.42. The molecule has 1 aliphatic heterocycles. The molecule has 1 N–H and O–H groups in total. The van der Waals surface area contributed by atoms with Crippen LogP contribution in [-0.2, 0) is 16.2 Å². The van der Waals surface area contributed by atoms with Crippen LogP contribution in [0.2, 0.25) is 0 Å². The number of halogens is 4. The van der Waals surface area contributed by atoms with E-state index in [-0.39, 0.29) is 25.5 Å². The first-order chi connectivity index (χ1) is 8.83. The van der Waals surface area contributed by atoms with Gasteiger partial charge in [-0.3, -0.25) is 0 Å². The predicted molar refractivity (Wildman–Crippen MR) is 70.3 cm³/mol. The fraction of sp³-hybridized carbons (Fsp3) is 0.455. The van der Waals surface area contributed by atoms with Crippen LogP contribution >= 0.6 is 12.4 Å². The van der Waals surface area contributed by atoms with Gasteiger partial charge in [-0.05, 0) is 12.1 Å². The molecule has 9 heteroatoms. The molecule has 1 aliphatic rings. The maximum atomic E-state index is 12.9. The largest absolute Gasteiger partial charge is 0.417 e. The van der Waals surface area contributed by atoms with Crippen molar-refractivity contribution >= 4 is 22.4 Å². The smallest absolute Gasteiger partial charge is 0.314 e. The summed E-state index contributed by atoms with van der Waals surface area (Å²) in [7, 11) is -4.10. The van der Waals surface area contributed by atoms with Crippen LogP contribution in [0.4, 0.5) is 13.2 Å². The first-order valence-corrected chi connectivity index (χ1v) is 7.14. The third kappa shape index (κ3) is 3.43. The number of piperazine rings is 1. The Morgan fingerprint density at radius 2 is 1.65 bits per heavy atom. The van der Waals surface area contributed by atoms with Crippen LogP contribution in [0, 0.1) is 0 Å². The van der Waals surface area contributed by atoms with Gasteiger partial charge in [-0.25, -0.2) is 8.42 Å². The highest BCUT2D eigenvalue weighted by molar-refractivity contribution is 7.89. The Bertz CT molecular complexity index is 557. The lowest BCUT2D eigenvalue weighted by Gasteiger charge is -2.27. The van der Waals surface area contributed by atoms with Crippen LogP contribution in [0.5, 0.6) is 0 Å². The van der Waals surface area contributed by atoms with E-state index >= 15 is 0 Å². The lowest BCUT2D eigenvalue weighted by Crippen LogP contribution is -2.46. The third-order valence-electron chi connectivity index (χ3n) is 2.89. The highest BCUT2D eigenvalue weighted by Crippen LogP contribution is 2.35. The van der Waals surface area contributed by atoms with Crippen molar-refractivity contribution in [2.24, 2.45) is 0 Å². The summed E-state index contributed by atoms with van der Waals surface area (Å²) < 4.78 is 64.1. The van der Waals surface area contributed by atoms with E-state index in [1.165, 1.54) is 12.1 Å². The number of hydrogen-bond donors (Lipinski definition) is 1. The van der Waals surface area contributed by atoms with E-state index in [4.69, 9.17) is 0 Å². The topological polar surface area (TPSA) is 49.4 Å². The monoisotopic (exact) mass is 330 g/mol. The van der Waals surface area contributed by atoms with Gasteiger partial charge in [-0.15, -0.1) is 12.4 Å². The molecule has 0 saturated carbocycles. The number of sulfonamides is 1. The summed E-state index contributed by atoms with van der Waals surface area (Å²) in [4.78, 5) is -0.676. The van der Waals surface area contributed by atoms with Crippen LogP contribution < -0.4 is 5.32 Å². The number of nitrogens with zero attached hydrogens (tertiary/aromatic N) is 1. The normalized spacial score (nSPS) is 17.6. The summed E-state index contributed by atoms with van der Waals surface area (Å²) >= 11 is 0. The van der Waals surface area contributed by atoms with Gasteiger partial charge in [-0.2, -0.15) is 17.5 Å². The number of nitrogens with one attached hydrogen (secondary N) is 1. The predicted octanol–water partition coefficient (Wildman–Crippen LogP) is 1.72. The van der Waals surface area contributed by atoms with Gasteiger partial charge in [0.25, 0.3) is 0 Å². The SMILES string of the molecule is Cl.O=S(=O)(c1ccccc1C(F)(F)F)N1CCNCC1. The Labute approximate surface area is 121 Å². The summed E-state index contributed by atoms with van der Waals surface area (Å²) in [6, 6.07) is 4.26. The first-order valence-electron chi connectivity index (χ1n) is 5.70. The minimum atomic E-state index is -4.68. The molecule has 114 valence electrons. The minimum absolute atomic E-state index is 0. The van der Waals surface area contributed by atoms with Crippen molar-refractivity contribution in [2.45, 2.75) is 11.1 Å². The molecule has 1 aromatic rings. The molecule has 20 heavy (non-hydrogen) atoms. The molecule has 0 aromatic heterocycles. The highest BCUT2D eigenvalue weighted by atomic mass is 35.5. The fourth-order valence-electron chi connectivity index (χ4n) is 1.95. The second-order valence-electron chi connectivity index (χ2n) is 4.15. The van der Waals surface area contributed by atoms with Crippen molar-refractivity contribution in [1.29, 1.82) is 0 Å². The van der Waals surface area contributed by atoms with Crippen LogP contribution in [0.25, 0.3) is 0 Å². The van der Waals surface area contributed by atoms with Gasteiger partial charge < -0.3 is 5.32 Å². The molecule has 0 aliphatic carbocycles. The fourth-order valence-corrected chi connectivity index (χ4v) is 3.60. The van der Waals surface area contributed by atoms with E-state index in [9.17, 15) is 21.6 Å². The first kappa shape index (κ1) is 17.2. The van der Waals surface area contributed by atoms with E-state index in [1.807, 2.05) is 0 Å². The van der Waals surface area contributed by atoms with E-state index in [0.717, 1.165) is 16.4 Å². The Hall–Kier alpha value is -0.830. The number of hydrogen-bond acceptors (Lipinski definition) is 3. The van der Waals surface area contributed by atoms with Crippen molar-refractivity contribution < 1.29 is 21.6 Å². The molecule has 2 rings (SSSR count). The van der Waals surface area contributed by atoms with E-state index in [2.05, 4.69) is 5.32 Å². The zero-order valence-corrected chi connectivity index (χ0v) is 12.0. The number of rotatable bonds is 2. The molecule has 1 saturated heterocycles. The lowest BCUT2D eigenvalue weighted by molar-refractivity contribution is -0.139. The molecule has 0 atom stereocenters. The maximum Gasteiger partial charge on any atom is 0.417 e. The summed E-state index contributed by atoms with van der Waals surface area (Å²) in [6.45, 7) is 1.23. The molecular weight excluding hydrogens is 317 g/mol. The minimum Gasteiger partial charge on any atom is -0.314 e. The Morgan fingerprint density at radius 3 is 2.20 bits per heavy atom. The van der Waals surface area contributed by atoms with Crippen LogP contribution in [0.3, 0.4) is 0 Å². The zero-order valence-electron chi connectivity index (χ0n) is 10.4. The van der Waals surface area contributed by atoms with Gasteiger partial charge in [0.2, 0.25) is 10.0 Å². The van der Waals surface area contributed by atoms with Gasteiger partial charge in [0, 0.05) is 26.2 Å². The Balaban J connectivity index is 0.00000200. The molecular formula is C11H14ClF3N2O2S. The van der Waals surface area contributed by atoms with Crippen molar-refractivity contribution in [3.63, 3.8) is 0 Å². The van der Waals surface area contributed by atoms with Gasteiger partial charge >= 0.3 is 6.18 Å². The van der Waals surface area contributed by atoms with Crippen LogP contribution in [-0.4, -0.2) is 38.9 Å². The molecule has 0 amide bonds. The Morgan fingerprint density at radius 1 is 1.10 bits per heavy atom. The van der Waals surface area contributed by atoms with Crippen LogP contribution in [0.15, 0.2) is 29.2 Å². The van der Waals surface area contributed by atoms with Gasteiger partial charge in [0.15, 0.2) is 0 Å². The van der Waals surface area contributed by atoms with Gasteiger partial charge in [-0.1, -0.05) is 12.1 Å². The molecule has 0 spiro atoms. The summed E-state index contributed by atoms with van der Waals surface area (Å²) in [5.41, 5.74) is -1.12. The highest BCUT2D eigenvalue weighted by Gasteiger charge is 2.38. The van der Waals surface area contributed by atoms with Gasteiger partial charge in [0.1, 0.15) is 0 Å². The van der Waals surface area contributed by atoms with Crippen LogP contribution in [0.1, 0.15) is 5.56 Å². The molecule has 4 nitrogen and oxygen atoms in total. The molecule has 0 unspecified atom stereocenters. The summed E-state index contributed by atoms with van der Waals surface area (Å²) in [6.07, 6.45) is -4.68. The molecule has 1 heterocycles. The van der Waals surface area contributed by atoms with E-state index < -0.39 is 26.7 Å². The third-order valence-corrected chi connectivity index (χ3v) is 4.84. The van der Waals surface area contributed by atoms with Gasteiger partial charge in [0.05, 0.1) is 10.5 Å². The second kappa shape index (κ2) is 6.30. The number of benzene rings is 1. The van der Waals surface area contributed by atoms with E-state index in [0.29, 0.717) is 13.1 Å². The maximum absolute atomic E-state index is 12.9. The van der Waals surface area contributed by atoms with E-state index in [1.54, 1.807) is 0 Å². The zero-order chi connectivity index (χ0) is 14.1. The second-order valence-corrected chi connectivity index (χ2v) is 6.05. The quantitative estimate of drug-likeness (QED) is 0.898. The summed E-state index contributed by atoms with van der Waals surface area (Å²) in [5.74, 6) is 0. The van der Waals surface area contributed by atoms with Crippen molar-refractivity contribution in [1.82, 2.24) is 9.62 Å². The van der Waals surface area contributed by atoms with Crippen molar-refractivity contribution in [3.05, 3.63) is 29.8 Å². The van der Waals surface area contributed by atoms with Crippen molar-refractivity contribution in [2.75, 3.05) is 26.2 Å². The summed E-state index contributed by atoms with van der Waals surface area (Å²) in [5, 5.41) is 2.95.